The normalized spacial score (nSPS) is 18.7. The third-order valence-electron chi connectivity index (χ3n) is 3.18. The van der Waals surface area contributed by atoms with Crippen LogP contribution in [0.15, 0.2) is 22.7 Å². The van der Waals surface area contributed by atoms with Crippen molar-refractivity contribution in [2.45, 2.75) is 6.04 Å². The van der Waals surface area contributed by atoms with Crippen LogP contribution in [0.25, 0.3) is 0 Å². The summed E-state index contributed by atoms with van der Waals surface area (Å²) in [5.74, 6) is -0.920. The number of nitrogens with zero attached hydrogens (tertiary/aromatic N) is 1. The van der Waals surface area contributed by atoms with Crippen LogP contribution in [-0.2, 0) is 4.79 Å². The standard InChI is InChI=1S/C13H15BrN2O4/c1-20-11-6-8(14)2-3-9(11)12(17)16-5-4-15-7-10(16)13(18)19/h2-3,6,10,15H,4-5,7H2,1H3,(H,18,19). The minimum atomic E-state index is -1.01. The summed E-state index contributed by atoms with van der Waals surface area (Å²) >= 11 is 3.31. The Hall–Kier alpha value is -1.60. The Kier molecular flexibility index (Phi) is 4.61. The number of carbonyl (C=O) groups is 2. The van der Waals surface area contributed by atoms with Crippen LogP contribution >= 0.6 is 15.9 Å². The minimum Gasteiger partial charge on any atom is -0.496 e. The molecule has 0 saturated carbocycles. The van der Waals surface area contributed by atoms with Crippen molar-refractivity contribution in [1.82, 2.24) is 10.2 Å². The number of carbonyl (C=O) groups excluding carboxylic acids is 1. The molecule has 6 nitrogen and oxygen atoms in total. The molecular weight excluding hydrogens is 328 g/mol. The molecule has 20 heavy (non-hydrogen) atoms. The van der Waals surface area contributed by atoms with Crippen LogP contribution < -0.4 is 10.1 Å². The highest BCUT2D eigenvalue weighted by molar-refractivity contribution is 9.10. The maximum atomic E-state index is 12.5. The number of carboxylic acid groups (broad SMARTS) is 1. The van der Waals surface area contributed by atoms with E-state index in [1.165, 1.54) is 12.0 Å². The Labute approximate surface area is 124 Å². The van der Waals surface area contributed by atoms with E-state index in [9.17, 15) is 14.7 Å². The van der Waals surface area contributed by atoms with Crippen LogP contribution in [0.5, 0.6) is 5.75 Å². The number of halogens is 1. The number of aliphatic carboxylic acids is 1. The van der Waals surface area contributed by atoms with Crippen molar-refractivity contribution in [3.63, 3.8) is 0 Å². The van der Waals surface area contributed by atoms with Gasteiger partial charge >= 0.3 is 5.97 Å². The lowest BCUT2D eigenvalue weighted by atomic mass is 10.1. The molecule has 7 heteroatoms. The van der Waals surface area contributed by atoms with Crippen LogP contribution in [0, 0.1) is 0 Å². The molecule has 108 valence electrons. The number of nitrogens with one attached hydrogen (secondary N) is 1. The van der Waals surface area contributed by atoms with Crippen molar-refractivity contribution in [3.8, 4) is 5.75 Å². The van der Waals surface area contributed by atoms with Crippen molar-refractivity contribution in [3.05, 3.63) is 28.2 Å². The summed E-state index contributed by atoms with van der Waals surface area (Å²) in [4.78, 5) is 25.1. The molecule has 1 aliphatic heterocycles. The highest BCUT2D eigenvalue weighted by Crippen LogP contribution is 2.25. The SMILES string of the molecule is COc1cc(Br)ccc1C(=O)N1CCNCC1C(=O)O. The first-order chi connectivity index (χ1) is 9.54. The molecule has 1 amide bonds. The fourth-order valence-corrected chi connectivity index (χ4v) is 2.50. The van der Waals surface area contributed by atoms with E-state index >= 15 is 0 Å². The van der Waals surface area contributed by atoms with Crippen molar-refractivity contribution in [2.75, 3.05) is 26.7 Å². The van der Waals surface area contributed by atoms with E-state index in [-0.39, 0.29) is 12.5 Å². The van der Waals surface area contributed by atoms with E-state index in [1.807, 2.05) is 0 Å². The van der Waals surface area contributed by atoms with Crippen molar-refractivity contribution >= 4 is 27.8 Å². The molecule has 1 unspecified atom stereocenters. The molecule has 0 bridgehead atoms. The summed E-state index contributed by atoms with van der Waals surface area (Å²) in [7, 11) is 1.48. The molecule has 0 aromatic heterocycles. The number of ether oxygens (including phenoxy) is 1. The van der Waals surface area contributed by atoms with E-state index < -0.39 is 12.0 Å². The zero-order valence-electron chi connectivity index (χ0n) is 10.9. The fraction of sp³-hybridized carbons (Fsp3) is 0.385. The molecule has 1 aliphatic rings. The quantitative estimate of drug-likeness (QED) is 0.855. The first-order valence-corrected chi connectivity index (χ1v) is 6.92. The molecule has 0 aliphatic carbocycles. The van der Waals surface area contributed by atoms with Crippen LogP contribution in [-0.4, -0.2) is 54.7 Å². The highest BCUT2D eigenvalue weighted by Gasteiger charge is 2.33. The summed E-state index contributed by atoms with van der Waals surface area (Å²) in [5.41, 5.74) is 0.365. The molecule has 1 aromatic carbocycles. The van der Waals surface area contributed by atoms with Gasteiger partial charge in [0.1, 0.15) is 11.8 Å². The molecule has 0 radical (unpaired) electrons. The number of methoxy groups -OCH3 is 1. The highest BCUT2D eigenvalue weighted by atomic mass is 79.9. The average Bonchev–Trinajstić information content (AvgIpc) is 2.46. The molecule has 2 rings (SSSR count). The van der Waals surface area contributed by atoms with Gasteiger partial charge in [0.05, 0.1) is 12.7 Å². The van der Waals surface area contributed by atoms with Crippen molar-refractivity contribution in [1.29, 1.82) is 0 Å². The smallest absolute Gasteiger partial charge is 0.327 e. The first kappa shape index (κ1) is 14.8. The molecule has 1 saturated heterocycles. The Bertz CT molecular complexity index is 535. The van der Waals surface area contributed by atoms with Gasteiger partial charge in [-0.1, -0.05) is 15.9 Å². The van der Waals surface area contributed by atoms with Gasteiger partial charge in [-0.05, 0) is 18.2 Å². The summed E-state index contributed by atoms with van der Waals surface area (Å²) in [6.07, 6.45) is 0. The topological polar surface area (TPSA) is 78.9 Å². The molecule has 2 N–H and O–H groups in total. The molecule has 0 spiro atoms. The van der Waals surface area contributed by atoms with Gasteiger partial charge in [0.15, 0.2) is 0 Å². The maximum Gasteiger partial charge on any atom is 0.327 e. The molecular formula is C13H15BrN2O4. The predicted octanol–water partition coefficient (Wildman–Crippen LogP) is 0.956. The number of hydrogen-bond acceptors (Lipinski definition) is 4. The molecule has 1 aromatic rings. The van der Waals surface area contributed by atoms with Crippen molar-refractivity contribution in [2.24, 2.45) is 0 Å². The van der Waals surface area contributed by atoms with Crippen molar-refractivity contribution < 1.29 is 19.4 Å². The third kappa shape index (κ3) is 2.94. The van der Waals surface area contributed by atoms with Gasteiger partial charge < -0.3 is 20.1 Å². The third-order valence-corrected chi connectivity index (χ3v) is 3.68. The average molecular weight is 343 g/mol. The van der Waals surface area contributed by atoms with Crippen LogP contribution in [0.1, 0.15) is 10.4 Å². The monoisotopic (exact) mass is 342 g/mol. The van der Waals surface area contributed by atoms with E-state index in [2.05, 4.69) is 21.2 Å². The van der Waals surface area contributed by atoms with Crippen LogP contribution in [0.2, 0.25) is 0 Å². The Balaban J connectivity index is 2.32. The number of carboxylic acids is 1. The largest absolute Gasteiger partial charge is 0.496 e. The lowest BCUT2D eigenvalue weighted by molar-refractivity contribution is -0.142. The van der Waals surface area contributed by atoms with Gasteiger partial charge in [-0.15, -0.1) is 0 Å². The van der Waals surface area contributed by atoms with E-state index in [0.29, 0.717) is 24.4 Å². The fourth-order valence-electron chi connectivity index (χ4n) is 2.16. The second kappa shape index (κ2) is 6.23. The van der Waals surface area contributed by atoms with E-state index in [4.69, 9.17) is 4.74 Å². The maximum absolute atomic E-state index is 12.5. The number of rotatable bonds is 3. The van der Waals surface area contributed by atoms with E-state index in [0.717, 1.165) is 4.47 Å². The van der Waals surface area contributed by atoms with Gasteiger partial charge in [0.2, 0.25) is 0 Å². The Morgan fingerprint density at radius 3 is 2.90 bits per heavy atom. The van der Waals surface area contributed by atoms with Gasteiger partial charge in [-0.25, -0.2) is 4.79 Å². The molecule has 1 fully saturated rings. The molecule has 1 heterocycles. The predicted molar refractivity (Wildman–Crippen MR) is 76.0 cm³/mol. The second-order valence-corrected chi connectivity index (χ2v) is 5.32. The first-order valence-electron chi connectivity index (χ1n) is 6.12. The lowest BCUT2D eigenvalue weighted by Crippen LogP contribution is -2.57. The summed E-state index contributed by atoms with van der Waals surface area (Å²) in [6, 6.07) is 4.19. The number of benzene rings is 1. The second-order valence-electron chi connectivity index (χ2n) is 4.40. The lowest BCUT2D eigenvalue weighted by Gasteiger charge is -2.33. The number of hydrogen-bond donors (Lipinski definition) is 2. The Morgan fingerprint density at radius 1 is 1.50 bits per heavy atom. The number of piperazine rings is 1. The zero-order valence-corrected chi connectivity index (χ0v) is 12.5. The van der Waals surface area contributed by atoms with Gasteiger partial charge in [-0.3, -0.25) is 4.79 Å². The van der Waals surface area contributed by atoms with E-state index in [1.54, 1.807) is 18.2 Å². The summed E-state index contributed by atoms with van der Waals surface area (Å²) < 4.78 is 5.99. The van der Waals surface area contributed by atoms with Crippen LogP contribution in [0.4, 0.5) is 0 Å². The molecule has 1 atom stereocenters. The summed E-state index contributed by atoms with van der Waals surface area (Å²) in [6.45, 7) is 1.18. The minimum absolute atomic E-state index is 0.250. The zero-order chi connectivity index (χ0) is 14.7. The van der Waals surface area contributed by atoms with Gasteiger partial charge in [0.25, 0.3) is 5.91 Å². The Morgan fingerprint density at radius 2 is 2.25 bits per heavy atom. The van der Waals surface area contributed by atoms with Gasteiger partial charge in [-0.2, -0.15) is 0 Å². The number of amides is 1. The van der Waals surface area contributed by atoms with Crippen LogP contribution in [0.3, 0.4) is 0 Å². The summed E-state index contributed by atoms with van der Waals surface area (Å²) in [5, 5.41) is 12.2. The van der Waals surface area contributed by atoms with Gasteiger partial charge in [0, 0.05) is 24.1 Å².